The van der Waals surface area contributed by atoms with Crippen LogP contribution >= 0.6 is 0 Å². The van der Waals surface area contributed by atoms with Gasteiger partial charge in [-0.3, -0.25) is 4.79 Å². The molecular weight excluding hydrogens is 278 g/mol. The molecule has 22 heavy (non-hydrogen) atoms. The Labute approximate surface area is 129 Å². The largest absolute Gasteiger partial charge is 0.496 e. The molecule has 0 heterocycles. The van der Waals surface area contributed by atoms with Crippen molar-refractivity contribution < 1.29 is 9.53 Å². The molecular formula is C17H17N3O2. The highest BCUT2D eigenvalue weighted by molar-refractivity contribution is 5.95. The summed E-state index contributed by atoms with van der Waals surface area (Å²) in [5, 5.41) is 3.86. The van der Waals surface area contributed by atoms with Crippen LogP contribution in [-0.2, 0) is 0 Å². The molecule has 2 aromatic carbocycles. The zero-order valence-electron chi connectivity index (χ0n) is 12.2. The zero-order valence-corrected chi connectivity index (χ0v) is 12.2. The van der Waals surface area contributed by atoms with Crippen molar-refractivity contribution in [2.75, 3.05) is 12.8 Å². The average molecular weight is 295 g/mol. The van der Waals surface area contributed by atoms with Crippen molar-refractivity contribution in [3.8, 4) is 5.75 Å². The molecule has 0 saturated carbocycles. The van der Waals surface area contributed by atoms with E-state index in [0.29, 0.717) is 11.3 Å². The van der Waals surface area contributed by atoms with E-state index in [2.05, 4.69) is 10.5 Å². The molecule has 112 valence electrons. The smallest absolute Gasteiger partial charge is 0.271 e. The van der Waals surface area contributed by atoms with E-state index in [1.54, 1.807) is 37.5 Å². The van der Waals surface area contributed by atoms with E-state index in [1.807, 2.05) is 30.3 Å². The summed E-state index contributed by atoms with van der Waals surface area (Å²) < 4.78 is 5.23. The predicted octanol–water partition coefficient (Wildman–Crippen LogP) is 2.71. The highest BCUT2D eigenvalue weighted by Crippen LogP contribution is 2.18. The lowest BCUT2D eigenvalue weighted by atomic mass is 10.2. The average Bonchev–Trinajstić information content (AvgIpc) is 2.55. The second-order valence-corrected chi connectivity index (χ2v) is 4.44. The third-order valence-corrected chi connectivity index (χ3v) is 2.91. The fourth-order valence-electron chi connectivity index (χ4n) is 1.79. The first-order valence-corrected chi connectivity index (χ1v) is 6.69. The number of nitrogens with two attached hydrogens (primary N) is 1. The number of hydrazone groups is 1. The summed E-state index contributed by atoms with van der Waals surface area (Å²) in [6, 6.07) is 14.2. The number of para-hydroxylation sites is 1. The SMILES string of the molecule is COc1ccccc1/C=C/C=N/NC(=O)c1ccc(N)cc1. The lowest BCUT2D eigenvalue weighted by Gasteiger charge is -2.02. The standard InChI is InChI=1S/C17H17N3O2/c1-22-16-7-3-2-5-13(16)6-4-12-19-20-17(21)14-8-10-15(18)11-9-14/h2-12H,18H2,1H3,(H,20,21)/b6-4+,19-12+. The molecule has 2 rings (SSSR count). The highest BCUT2D eigenvalue weighted by Gasteiger charge is 2.02. The van der Waals surface area contributed by atoms with E-state index >= 15 is 0 Å². The van der Waals surface area contributed by atoms with Gasteiger partial charge in [0.25, 0.3) is 5.91 Å². The van der Waals surface area contributed by atoms with Crippen LogP contribution in [0, 0.1) is 0 Å². The summed E-state index contributed by atoms with van der Waals surface area (Å²) in [4.78, 5) is 11.8. The number of carbonyl (C=O) groups is 1. The van der Waals surface area contributed by atoms with Crippen LogP contribution in [0.3, 0.4) is 0 Å². The van der Waals surface area contributed by atoms with Crippen LogP contribution in [0.2, 0.25) is 0 Å². The number of carbonyl (C=O) groups excluding carboxylic acids is 1. The minimum Gasteiger partial charge on any atom is -0.496 e. The summed E-state index contributed by atoms with van der Waals surface area (Å²) in [5.74, 6) is 0.486. The number of nitrogen functional groups attached to an aromatic ring is 1. The van der Waals surface area contributed by atoms with Gasteiger partial charge in [0.2, 0.25) is 0 Å². The van der Waals surface area contributed by atoms with Crippen molar-refractivity contribution in [1.82, 2.24) is 5.43 Å². The van der Waals surface area contributed by atoms with E-state index in [-0.39, 0.29) is 5.91 Å². The number of hydrogen-bond donors (Lipinski definition) is 2. The number of benzene rings is 2. The minimum atomic E-state index is -0.290. The Bertz CT molecular complexity index is 691. The Hall–Kier alpha value is -3.08. The van der Waals surface area contributed by atoms with Crippen molar-refractivity contribution >= 4 is 23.9 Å². The Kier molecular flexibility index (Phi) is 5.31. The zero-order chi connectivity index (χ0) is 15.8. The Morgan fingerprint density at radius 2 is 1.91 bits per heavy atom. The van der Waals surface area contributed by atoms with E-state index < -0.39 is 0 Å². The molecule has 0 fully saturated rings. The number of amides is 1. The summed E-state index contributed by atoms with van der Waals surface area (Å²) in [6.07, 6.45) is 5.07. The Morgan fingerprint density at radius 1 is 1.18 bits per heavy atom. The van der Waals surface area contributed by atoms with Crippen LogP contribution < -0.4 is 15.9 Å². The maximum Gasteiger partial charge on any atom is 0.271 e. The number of ether oxygens (including phenoxy) is 1. The van der Waals surface area contributed by atoms with Crippen molar-refractivity contribution in [1.29, 1.82) is 0 Å². The Morgan fingerprint density at radius 3 is 2.64 bits per heavy atom. The monoisotopic (exact) mass is 295 g/mol. The molecule has 0 aromatic heterocycles. The molecule has 0 aliphatic heterocycles. The molecule has 5 nitrogen and oxygen atoms in total. The number of methoxy groups -OCH3 is 1. The Balaban J connectivity index is 1.91. The number of nitrogens with one attached hydrogen (secondary N) is 1. The fourth-order valence-corrected chi connectivity index (χ4v) is 1.79. The van der Waals surface area contributed by atoms with E-state index in [4.69, 9.17) is 10.5 Å². The van der Waals surface area contributed by atoms with E-state index in [1.165, 1.54) is 6.21 Å². The van der Waals surface area contributed by atoms with Crippen molar-refractivity contribution in [3.05, 3.63) is 65.7 Å². The number of rotatable bonds is 5. The molecule has 0 spiro atoms. The lowest BCUT2D eigenvalue weighted by Crippen LogP contribution is -2.17. The molecule has 2 aromatic rings. The van der Waals surface area contributed by atoms with Crippen molar-refractivity contribution in [2.45, 2.75) is 0 Å². The third-order valence-electron chi connectivity index (χ3n) is 2.91. The van der Waals surface area contributed by atoms with Crippen LogP contribution in [0.15, 0.2) is 59.7 Å². The maximum absolute atomic E-state index is 11.8. The van der Waals surface area contributed by atoms with Crippen LogP contribution in [0.1, 0.15) is 15.9 Å². The molecule has 0 radical (unpaired) electrons. The second-order valence-electron chi connectivity index (χ2n) is 4.44. The fraction of sp³-hybridized carbons (Fsp3) is 0.0588. The summed E-state index contributed by atoms with van der Waals surface area (Å²) in [5.41, 5.74) is 10.0. The molecule has 1 amide bonds. The van der Waals surface area contributed by atoms with E-state index in [0.717, 1.165) is 11.3 Å². The normalized spacial score (nSPS) is 11.0. The molecule has 0 saturated heterocycles. The number of anilines is 1. The van der Waals surface area contributed by atoms with Gasteiger partial charge in [-0.15, -0.1) is 0 Å². The van der Waals surface area contributed by atoms with Crippen molar-refractivity contribution in [3.63, 3.8) is 0 Å². The maximum atomic E-state index is 11.8. The van der Waals surface area contributed by atoms with Crippen LogP contribution in [0.25, 0.3) is 6.08 Å². The molecule has 3 N–H and O–H groups in total. The molecule has 0 unspecified atom stereocenters. The van der Waals surface area contributed by atoms with Gasteiger partial charge >= 0.3 is 0 Å². The lowest BCUT2D eigenvalue weighted by molar-refractivity contribution is 0.0955. The quantitative estimate of drug-likeness (QED) is 0.506. The summed E-state index contributed by atoms with van der Waals surface area (Å²) in [6.45, 7) is 0. The van der Waals surface area contributed by atoms with E-state index in [9.17, 15) is 4.79 Å². The van der Waals surface area contributed by atoms with Gasteiger partial charge in [0.1, 0.15) is 5.75 Å². The van der Waals surface area contributed by atoms with Gasteiger partial charge in [0.05, 0.1) is 7.11 Å². The first-order chi connectivity index (χ1) is 10.7. The molecule has 0 aliphatic rings. The highest BCUT2D eigenvalue weighted by atomic mass is 16.5. The van der Waals surface area contributed by atoms with Gasteiger partial charge in [0.15, 0.2) is 0 Å². The molecule has 5 heteroatoms. The van der Waals surface area contributed by atoms with Gasteiger partial charge < -0.3 is 10.5 Å². The first-order valence-electron chi connectivity index (χ1n) is 6.69. The van der Waals surface area contributed by atoms with Gasteiger partial charge in [-0.2, -0.15) is 5.10 Å². The number of nitrogens with zero attached hydrogens (tertiary/aromatic N) is 1. The first kappa shape index (κ1) is 15.3. The second kappa shape index (κ2) is 7.64. The molecule has 0 bridgehead atoms. The van der Waals surface area contributed by atoms with Crippen LogP contribution in [-0.4, -0.2) is 19.2 Å². The predicted molar refractivity (Wildman–Crippen MR) is 88.8 cm³/mol. The van der Waals surface area contributed by atoms with Gasteiger partial charge in [-0.25, -0.2) is 5.43 Å². The van der Waals surface area contributed by atoms with Crippen LogP contribution in [0.4, 0.5) is 5.69 Å². The van der Waals surface area contributed by atoms with Gasteiger partial charge in [-0.05, 0) is 42.5 Å². The number of hydrogen-bond acceptors (Lipinski definition) is 4. The molecule has 0 aliphatic carbocycles. The van der Waals surface area contributed by atoms with Crippen LogP contribution in [0.5, 0.6) is 5.75 Å². The van der Waals surface area contributed by atoms with Gasteiger partial charge in [0, 0.05) is 23.0 Å². The topological polar surface area (TPSA) is 76.7 Å². The summed E-state index contributed by atoms with van der Waals surface area (Å²) >= 11 is 0. The van der Waals surface area contributed by atoms with Gasteiger partial charge in [-0.1, -0.05) is 18.2 Å². The molecule has 0 atom stereocenters. The third kappa shape index (κ3) is 4.21. The van der Waals surface area contributed by atoms with Crippen molar-refractivity contribution in [2.24, 2.45) is 5.10 Å². The summed E-state index contributed by atoms with van der Waals surface area (Å²) in [7, 11) is 1.62. The minimum absolute atomic E-state index is 0.290. The number of allylic oxidation sites excluding steroid dienone is 1.